The minimum absolute atomic E-state index is 0.0725. The zero-order chi connectivity index (χ0) is 21.9. The predicted octanol–water partition coefficient (Wildman–Crippen LogP) is 6.66. The van der Waals surface area contributed by atoms with Gasteiger partial charge in [0.2, 0.25) is 5.85 Å². The second-order valence-corrected chi connectivity index (χ2v) is 12.5. The molecule has 9 atom stereocenters. The molecule has 3 saturated carbocycles. The maximum atomic E-state index is 14.3. The van der Waals surface area contributed by atoms with Crippen molar-refractivity contribution in [2.75, 3.05) is 0 Å². The van der Waals surface area contributed by atoms with E-state index in [4.69, 9.17) is 0 Å². The molecule has 0 aromatic carbocycles. The average Bonchev–Trinajstić information content (AvgIpc) is 3.03. The molecule has 0 saturated heterocycles. The number of halogens is 1. The van der Waals surface area contributed by atoms with Gasteiger partial charge in [0, 0.05) is 12.8 Å². The number of aliphatic hydroxyl groups excluding tert-OH is 1. The van der Waals surface area contributed by atoms with Crippen molar-refractivity contribution < 1.29 is 14.6 Å². The van der Waals surface area contributed by atoms with Gasteiger partial charge in [0.25, 0.3) is 0 Å². The molecule has 3 fully saturated rings. The third kappa shape index (κ3) is 3.70. The first-order valence-corrected chi connectivity index (χ1v) is 12.8. The summed E-state index contributed by atoms with van der Waals surface area (Å²) in [6, 6.07) is 0. The number of rotatable bonds is 5. The van der Waals surface area contributed by atoms with Crippen LogP contribution in [0.2, 0.25) is 0 Å². The van der Waals surface area contributed by atoms with Gasteiger partial charge in [-0.1, -0.05) is 46.3 Å². The van der Waals surface area contributed by atoms with Crippen molar-refractivity contribution in [3.05, 3.63) is 11.6 Å². The van der Waals surface area contributed by atoms with Gasteiger partial charge in [-0.2, -0.15) is 0 Å². The molecule has 4 aliphatic rings. The van der Waals surface area contributed by atoms with Crippen molar-refractivity contribution in [3.8, 4) is 0 Å². The van der Waals surface area contributed by atoms with Gasteiger partial charge >= 0.3 is 0 Å². The Bertz CT molecular complexity index is 670. The topological polar surface area (TPSA) is 40.5 Å². The van der Waals surface area contributed by atoms with Crippen LogP contribution in [0.5, 0.6) is 0 Å². The van der Waals surface area contributed by atoms with E-state index >= 15 is 0 Å². The molecular formula is C27H45FO2. The molecule has 4 aliphatic carbocycles. The first kappa shape index (κ1) is 22.8. The van der Waals surface area contributed by atoms with Gasteiger partial charge in [-0.15, -0.1) is 0 Å². The van der Waals surface area contributed by atoms with Gasteiger partial charge in [0.15, 0.2) is 0 Å². The van der Waals surface area contributed by atoms with E-state index in [-0.39, 0.29) is 24.4 Å². The van der Waals surface area contributed by atoms with Crippen LogP contribution in [0.15, 0.2) is 11.6 Å². The van der Waals surface area contributed by atoms with E-state index in [0.717, 1.165) is 31.6 Å². The number of aliphatic hydroxyl groups is 2. The lowest BCUT2D eigenvalue weighted by Crippen LogP contribution is -2.52. The summed E-state index contributed by atoms with van der Waals surface area (Å²) in [6.07, 6.45) is 11.5. The summed E-state index contributed by atoms with van der Waals surface area (Å²) in [7, 11) is 0. The zero-order valence-corrected chi connectivity index (χ0v) is 20.0. The van der Waals surface area contributed by atoms with E-state index in [2.05, 4.69) is 40.7 Å². The Morgan fingerprint density at radius 1 is 1.03 bits per heavy atom. The quantitative estimate of drug-likeness (QED) is 0.488. The Morgan fingerprint density at radius 3 is 2.47 bits per heavy atom. The highest BCUT2D eigenvalue weighted by atomic mass is 19.2. The van der Waals surface area contributed by atoms with E-state index in [1.54, 1.807) is 0 Å². The fourth-order valence-electron chi connectivity index (χ4n) is 8.55. The van der Waals surface area contributed by atoms with Crippen LogP contribution in [-0.4, -0.2) is 22.2 Å². The molecule has 30 heavy (non-hydrogen) atoms. The molecule has 0 aliphatic heterocycles. The molecule has 2 nitrogen and oxygen atoms in total. The number of alkyl halides is 1. The van der Waals surface area contributed by atoms with E-state index in [1.807, 2.05) is 0 Å². The molecule has 172 valence electrons. The molecule has 0 amide bonds. The molecule has 3 heteroatoms. The van der Waals surface area contributed by atoms with Gasteiger partial charge < -0.3 is 10.2 Å². The Balaban J connectivity index is 1.52. The van der Waals surface area contributed by atoms with Crippen molar-refractivity contribution in [1.82, 2.24) is 0 Å². The SMILES string of the molecule is CC(C)CCC(O)[C@@H](C)[C@H]1CC[C@H]2[C@@H]3CC=C4CC(O)(F)CC[C@]4(C)[C@H]3CC[C@]12C. The lowest BCUT2D eigenvalue weighted by atomic mass is 9.46. The van der Waals surface area contributed by atoms with Crippen molar-refractivity contribution in [2.45, 2.75) is 111 Å². The predicted molar refractivity (Wildman–Crippen MR) is 120 cm³/mol. The van der Waals surface area contributed by atoms with Gasteiger partial charge in [0.1, 0.15) is 0 Å². The van der Waals surface area contributed by atoms with Crippen LogP contribution in [0.25, 0.3) is 0 Å². The normalized spacial score (nSPS) is 47.8. The van der Waals surface area contributed by atoms with Crippen LogP contribution in [0, 0.1) is 46.3 Å². The van der Waals surface area contributed by atoms with E-state index in [0.29, 0.717) is 35.0 Å². The molecule has 2 N–H and O–H groups in total. The molecule has 0 radical (unpaired) electrons. The molecule has 0 heterocycles. The molecule has 2 unspecified atom stereocenters. The third-order valence-electron chi connectivity index (χ3n) is 10.5. The van der Waals surface area contributed by atoms with E-state index in [9.17, 15) is 14.6 Å². The highest BCUT2D eigenvalue weighted by molar-refractivity contribution is 5.26. The number of hydrogen-bond acceptors (Lipinski definition) is 2. The van der Waals surface area contributed by atoms with Gasteiger partial charge in [0.05, 0.1) is 6.10 Å². The highest BCUT2D eigenvalue weighted by Crippen LogP contribution is 2.67. The van der Waals surface area contributed by atoms with Crippen LogP contribution >= 0.6 is 0 Å². The summed E-state index contributed by atoms with van der Waals surface area (Å²) in [5.41, 5.74) is 1.59. The zero-order valence-electron chi connectivity index (χ0n) is 20.0. The molecule has 4 rings (SSSR count). The highest BCUT2D eigenvalue weighted by Gasteiger charge is 2.60. The Kier molecular flexibility index (Phi) is 5.97. The monoisotopic (exact) mass is 420 g/mol. The van der Waals surface area contributed by atoms with Gasteiger partial charge in [-0.25, -0.2) is 4.39 Å². The molecule has 0 aromatic heterocycles. The van der Waals surface area contributed by atoms with Gasteiger partial charge in [-0.3, -0.25) is 0 Å². The van der Waals surface area contributed by atoms with Crippen molar-refractivity contribution in [2.24, 2.45) is 46.3 Å². The lowest BCUT2D eigenvalue weighted by molar-refractivity contribution is -0.134. The van der Waals surface area contributed by atoms with Crippen molar-refractivity contribution in [3.63, 3.8) is 0 Å². The number of hydrogen-bond donors (Lipinski definition) is 2. The van der Waals surface area contributed by atoms with Crippen LogP contribution in [-0.2, 0) is 0 Å². The van der Waals surface area contributed by atoms with E-state index in [1.165, 1.54) is 31.3 Å². The largest absolute Gasteiger partial charge is 0.393 e. The van der Waals surface area contributed by atoms with E-state index < -0.39 is 5.85 Å². The maximum Gasteiger partial charge on any atom is 0.210 e. The molecule has 0 spiro atoms. The molecule has 0 aromatic rings. The maximum absolute atomic E-state index is 14.3. The summed E-state index contributed by atoms with van der Waals surface area (Å²) < 4.78 is 14.3. The molecular weight excluding hydrogens is 375 g/mol. The van der Waals surface area contributed by atoms with Crippen molar-refractivity contribution >= 4 is 0 Å². The Morgan fingerprint density at radius 2 is 1.77 bits per heavy atom. The van der Waals surface area contributed by atoms with Crippen LogP contribution in [0.1, 0.15) is 98.8 Å². The minimum Gasteiger partial charge on any atom is -0.393 e. The standard InChI is InChI=1S/C27H45FO2/c1-17(2)6-11-24(29)18(3)21-9-10-22-20-8-7-19-16-27(28,30)15-14-25(19,4)23(20)12-13-26(21,22)5/h7,17-18,20-24,29-30H,6,8-16H2,1-5H3/t18-,20-,21+,22-,23-,24?,25-,26+,27?/m0/s1. The summed E-state index contributed by atoms with van der Waals surface area (Å²) in [5.74, 6) is 1.68. The minimum atomic E-state index is -2.00. The van der Waals surface area contributed by atoms with Gasteiger partial charge in [-0.05, 0) is 97.7 Å². The summed E-state index contributed by atoms with van der Waals surface area (Å²) in [5, 5.41) is 20.9. The summed E-state index contributed by atoms with van der Waals surface area (Å²) in [6.45, 7) is 11.7. The second-order valence-electron chi connectivity index (χ2n) is 12.5. The van der Waals surface area contributed by atoms with Crippen LogP contribution in [0.4, 0.5) is 4.39 Å². The summed E-state index contributed by atoms with van der Waals surface area (Å²) >= 11 is 0. The number of fused-ring (bicyclic) bond motifs is 5. The second kappa shape index (κ2) is 7.87. The lowest BCUT2D eigenvalue weighted by Gasteiger charge is -2.58. The fourth-order valence-corrected chi connectivity index (χ4v) is 8.55. The van der Waals surface area contributed by atoms with Crippen molar-refractivity contribution in [1.29, 1.82) is 0 Å². The average molecular weight is 421 g/mol. The molecule has 0 bridgehead atoms. The smallest absolute Gasteiger partial charge is 0.210 e. The number of allylic oxidation sites excluding steroid dienone is 1. The Hall–Kier alpha value is -0.410. The van der Waals surface area contributed by atoms with Crippen LogP contribution < -0.4 is 0 Å². The third-order valence-corrected chi connectivity index (χ3v) is 10.5. The fraction of sp³-hybridized carbons (Fsp3) is 0.926. The first-order chi connectivity index (χ1) is 14.0. The Labute approximate surface area is 183 Å². The summed E-state index contributed by atoms with van der Waals surface area (Å²) in [4.78, 5) is 0. The van der Waals surface area contributed by atoms with Crippen LogP contribution in [0.3, 0.4) is 0 Å². The first-order valence-electron chi connectivity index (χ1n) is 12.8.